The molecule has 14 heavy (non-hydrogen) atoms. The zero-order valence-corrected chi connectivity index (χ0v) is 9.00. The van der Waals surface area contributed by atoms with Gasteiger partial charge in [0.1, 0.15) is 0 Å². The van der Waals surface area contributed by atoms with Gasteiger partial charge in [-0.3, -0.25) is 4.79 Å². The summed E-state index contributed by atoms with van der Waals surface area (Å²) in [5.41, 5.74) is 5.73. The van der Waals surface area contributed by atoms with Crippen molar-refractivity contribution >= 4 is 5.97 Å². The second kappa shape index (κ2) is 6.02. The van der Waals surface area contributed by atoms with E-state index in [-0.39, 0.29) is 17.9 Å². The first-order chi connectivity index (χ1) is 6.74. The molecule has 0 aromatic carbocycles. The van der Waals surface area contributed by atoms with Crippen molar-refractivity contribution in [3.05, 3.63) is 0 Å². The molecule has 0 radical (unpaired) electrons. The second-order valence-electron chi connectivity index (χ2n) is 4.14. The number of hydrogen-bond donors (Lipinski definition) is 1. The molecule has 0 unspecified atom stereocenters. The minimum atomic E-state index is -0.0333. The summed E-state index contributed by atoms with van der Waals surface area (Å²) < 4.78 is 5.18. The third-order valence-electron chi connectivity index (χ3n) is 2.80. The fraction of sp³-hybridized carbons (Fsp3) is 0.909. The number of carbonyl (C=O) groups is 1. The summed E-state index contributed by atoms with van der Waals surface area (Å²) in [7, 11) is 0. The average Bonchev–Trinajstić information content (AvgIpc) is 2.59. The maximum absolute atomic E-state index is 11.5. The maximum atomic E-state index is 11.5. The predicted octanol–water partition coefficient (Wildman–Crippen LogP) is 1.85. The molecule has 1 fully saturated rings. The number of nitrogens with two attached hydrogens (primary N) is 1. The highest BCUT2D eigenvalue weighted by molar-refractivity contribution is 5.72. The topological polar surface area (TPSA) is 52.3 Å². The van der Waals surface area contributed by atoms with Gasteiger partial charge >= 0.3 is 5.97 Å². The minimum absolute atomic E-state index is 0.0333. The molecule has 1 aliphatic carbocycles. The van der Waals surface area contributed by atoms with Crippen molar-refractivity contribution in [3.8, 4) is 0 Å². The molecule has 3 nitrogen and oxygen atoms in total. The Morgan fingerprint density at radius 2 is 2.21 bits per heavy atom. The summed E-state index contributed by atoms with van der Waals surface area (Å²) in [6, 6.07) is 0.211. The smallest absolute Gasteiger partial charge is 0.308 e. The first kappa shape index (κ1) is 11.5. The van der Waals surface area contributed by atoms with Crippen LogP contribution in [0.2, 0.25) is 0 Å². The van der Waals surface area contributed by atoms with Crippen LogP contribution in [0, 0.1) is 5.92 Å². The molecule has 3 heteroatoms. The zero-order valence-electron chi connectivity index (χ0n) is 9.00. The van der Waals surface area contributed by atoms with E-state index in [1.807, 2.05) is 0 Å². The van der Waals surface area contributed by atoms with Crippen LogP contribution >= 0.6 is 0 Å². The van der Waals surface area contributed by atoms with Gasteiger partial charge in [-0.1, -0.05) is 19.8 Å². The first-order valence-electron chi connectivity index (χ1n) is 5.66. The summed E-state index contributed by atoms with van der Waals surface area (Å²) in [6.45, 7) is 2.72. The highest BCUT2D eigenvalue weighted by Crippen LogP contribution is 2.25. The van der Waals surface area contributed by atoms with Crippen LogP contribution in [0.3, 0.4) is 0 Å². The van der Waals surface area contributed by atoms with Crippen LogP contribution in [0.5, 0.6) is 0 Å². The van der Waals surface area contributed by atoms with E-state index in [0.717, 1.165) is 38.5 Å². The van der Waals surface area contributed by atoms with Gasteiger partial charge in [-0.15, -0.1) is 0 Å². The fourth-order valence-electron chi connectivity index (χ4n) is 1.87. The van der Waals surface area contributed by atoms with Gasteiger partial charge < -0.3 is 10.5 Å². The molecule has 0 saturated heterocycles. The van der Waals surface area contributed by atoms with E-state index in [0.29, 0.717) is 6.61 Å². The Hall–Kier alpha value is -0.570. The molecule has 0 amide bonds. The van der Waals surface area contributed by atoms with Gasteiger partial charge in [0.25, 0.3) is 0 Å². The van der Waals surface area contributed by atoms with Gasteiger partial charge in [0.05, 0.1) is 12.5 Å². The third-order valence-corrected chi connectivity index (χ3v) is 2.80. The van der Waals surface area contributed by atoms with Crippen LogP contribution in [0.15, 0.2) is 0 Å². The van der Waals surface area contributed by atoms with E-state index >= 15 is 0 Å². The monoisotopic (exact) mass is 199 g/mol. The largest absolute Gasteiger partial charge is 0.465 e. The molecule has 0 spiro atoms. The number of esters is 1. The Morgan fingerprint density at radius 3 is 2.79 bits per heavy atom. The number of rotatable bonds is 5. The normalized spacial score (nSPS) is 26.4. The van der Waals surface area contributed by atoms with E-state index in [4.69, 9.17) is 10.5 Å². The Labute approximate surface area is 86.0 Å². The second-order valence-corrected chi connectivity index (χ2v) is 4.14. The molecule has 82 valence electrons. The molecule has 1 aliphatic rings. The van der Waals surface area contributed by atoms with E-state index < -0.39 is 0 Å². The van der Waals surface area contributed by atoms with Gasteiger partial charge in [-0.2, -0.15) is 0 Å². The Kier molecular flexibility index (Phi) is 4.94. The SMILES string of the molecule is CCCCCOC(=O)[C@@H]1CC[C@H](N)C1. The maximum Gasteiger partial charge on any atom is 0.308 e. The molecule has 1 saturated carbocycles. The molecular formula is C11H21NO2. The minimum Gasteiger partial charge on any atom is -0.465 e. The van der Waals surface area contributed by atoms with E-state index in [9.17, 15) is 4.79 Å². The standard InChI is InChI=1S/C11H21NO2/c1-2-3-4-7-14-11(13)9-5-6-10(12)8-9/h9-10H,2-8,12H2,1H3/t9-,10+/m1/s1. The molecule has 0 heterocycles. The van der Waals surface area contributed by atoms with Crippen molar-refractivity contribution in [1.29, 1.82) is 0 Å². The molecule has 0 aliphatic heterocycles. The molecule has 0 bridgehead atoms. The highest BCUT2D eigenvalue weighted by atomic mass is 16.5. The molecule has 2 atom stereocenters. The van der Waals surface area contributed by atoms with Crippen LogP contribution in [0.4, 0.5) is 0 Å². The van der Waals surface area contributed by atoms with E-state index in [2.05, 4.69) is 6.92 Å². The average molecular weight is 199 g/mol. The van der Waals surface area contributed by atoms with Gasteiger partial charge in [-0.25, -0.2) is 0 Å². The summed E-state index contributed by atoms with van der Waals surface area (Å²) in [6.07, 6.45) is 5.97. The lowest BCUT2D eigenvalue weighted by Gasteiger charge is -2.09. The Balaban J connectivity index is 2.09. The predicted molar refractivity (Wildman–Crippen MR) is 55.8 cm³/mol. The van der Waals surface area contributed by atoms with Crippen molar-refractivity contribution in [3.63, 3.8) is 0 Å². The van der Waals surface area contributed by atoms with Crippen molar-refractivity contribution in [1.82, 2.24) is 0 Å². The number of hydrogen-bond acceptors (Lipinski definition) is 3. The summed E-state index contributed by atoms with van der Waals surface area (Å²) in [4.78, 5) is 11.5. The van der Waals surface area contributed by atoms with E-state index in [1.165, 1.54) is 0 Å². The van der Waals surface area contributed by atoms with Crippen molar-refractivity contribution < 1.29 is 9.53 Å². The number of ether oxygens (including phenoxy) is 1. The summed E-state index contributed by atoms with van der Waals surface area (Å²) >= 11 is 0. The van der Waals surface area contributed by atoms with Crippen LogP contribution in [-0.4, -0.2) is 18.6 Å². The molecule has 0 aromatic rings. The molecular weight excluding hydrogens is 178 g/mol. The van der Waals surface area contributed by atoms with E-state index in [1.54, 1.807) is 0 Å². The highest BCUT2D eigenvalue weighted by Gasteiger charge is 2.28. The molecule has 0 aromatic heterocycles. The number of unbranched alkanes of at least 4 members (excludes halogenated alkanes) is 2. The lowest BCUT2D eigenvalue weighted by atomic mass is 10.1. The Bertz CT molecular complexity index is 182. The fourth-order valence-corrected chi connectivity index (χ4v) is 1.87. The van der Waals surface area contributed by atoms with Gasteiger partial charge in [0.2, 0.25) is 0 Å². The van der Waals surface area contributed by atoms with Crippen LogP contribution in [0.1, 0.15) is 45.4 Å². The van der Waals surface area contributed by atoms with Crippen LogP contribution in [-0.2, 0) is 9.53 Å². The third kappa shape index (κ3) is 3.66. The molecule has 2 N–H and O–H groups in total. The van der Waals surface area contributed by atoms with Crippen molar-refractivity contribution in [2.45, 2.75) is 51.5 Å². The molecule has 1 rings (SSSR count). The van der Waals surface area contributed by atoms with Gasteiger partial charge in [0.15, 0.2) is 0 Å². The zero-order chi connectivity index (χ0) is 10.4. The summed E-state index contributed by atoms with van der Waals surface area (Å²) in [5, 5.41) is 0. The first-order valence-corrected chi connectivity index (χ1v) is 5.66. The van der Waals surface area contributed by atoms with Gasteiger partial charge in [0, 0.05) is 6.04 Å². The Morgan fingerprint density at radius 1 is 1.43 bits per heavy atom. The van der Waals surface area contributed by atoms with Crippen molar-refractivity contribution in [2.24, 2.45) is 11.7 Å². The van der Waals surface area contributed by atoms with Crippen LogP contribution in [0.25, 0.3) is 0 Å². The lowest BCUT2D eigenvalue weighted by Crippen LogP contribution is -2.19. The number of carbonyl (C=O) groups excluding carboxylic acids is 1. The quantitative estimate of drug-likeness (QED) is 0.543. The summed E-state index contributed by atoms with van der Waals surface area (Å²) in [5.74, 6) is 0.0423. The lowest BCUT2D eigenvalue weighted by molar-refractivity contribution is -0.148. The van der Waals surface area contributed by atoms with Crippen LogP contribution < -0.4 is 5.73 Å². The van der Waals surface area contributed by atoms with Gasteiger partial charge in [-0.05, 0) is 25.7 Å². The van der Waals surface area contributed by atoms with Crippen molar-refractivity contribution in [2.75, 3.05) is 6.61 Å².